The Morgan fingerprint density at radius 1 is 1.41 bits per heavy atom. The molecule has 8 nitrogen and oxygen atoms in total. The molecular formula is C17H19FN2O6S. The average Bonchev–Trinajstić information content (AvgIpc) is 2.86. The molecule has 2 amide bonds. The van der Waals surface area contributed by atoms with Crippen LogP contribution in [0.5, 0.6) is 11.5 Å². The molecule has 2 saturated heterocycles. The number of aliphatic carboxylic acids is 1. The second-order valence-electron chi connectivity index (χ2n) is 6.73. The molecule has 3 unspecified atom stereocenters. The van der Waals surface area contributed by atoms with Crippen LogP contribution in [-0.2, 0) is 14.4 Å². The van der Waals surface area contributed by atoms with Crippen molar-refractivity contribution in [3.8, 4) is 11.5 Å². The highest BCUT2D eigenvalue weighted by atomic mass is 32.2. The lowest BCUT2D eigenvalue weighted by Crippen LogP contribution is -2.70. The van der Waals surface area contributed by atoms with E-state index in [1.54, 1.807) is 13.8 Å². The Morgan fingerprint density at radius 2 is 2.11 bits per heavy atom. The number of fused-ring (bicyclic) bond motifs is 1. The van der Waals surface area contributed by atoms with Gasteiger partial charge in [-0.15, -0.1) is 11.8 Å². The lowest BCUT2D eigenvalue weighted by atomic mass is 9.96. The van der Waals surface area contributed by atoms with Crippen LogP contribution in [0.1, 0.15) is 13.8 Å². The number of carbonyl (C=O) groups is 3. The van der Waals surface area contributed by atoms with Crippen molar-refractivity contribution in [3.05, 3.63) is 24.0 Å². The highest BCUT2D eigenvalue weighted by molar-refractivity contribution is 8.01. The van der Waals surface area contributed by atoms with E-state index >= 15 is 0 Å². The van der Waals surface area contributed by atoms with Gasteiger partial charge in [0.15, 0.2) is 18.2 Å². The molecule has 146 valence electrons. The van der Waals surface area contributed by atoms with Crippen LogP contribution in [0.4, 0.5) is 4.39 Å². The Morgan fingerprint density at radius 3 is 2.70 bits per heavy atom. The minimum atomic E-state index is -1.07. The fraction of sp³-hybridized carbons (Fsp3) is 0.471. The maximum atomic E-state index is 13.6. The third-order valence-corrected chi connectivity index (χ3v) is 6.06. The molecule has 0 aromatic heterocycles. The molecule has 3 rings (SSSR count). The predicted octanol–water partition coefficient (Wildman–Crippen LogP) is 0.845. The summed E-state index contributed by atoms with van der Waals surface area (Å²) in [4.78, 5) is 37.1. The molecule has 2 fully saturated rings. The van der Waals surface area contributed by atoms with Crippen LogP contribution in [0.25, 0.3) is 0 Å². The summed E-state index contributed by atoms with van der Waals surface area (Å²) in [7, 11) is 1.34. The summed E-state index contributed by atoms with van der Waals surface area (Å²) in [5, 5.41) is 11.5. The number of amides is 2. The quantitative estimate of drug-likeness (QED) is 0.685. The number of ether oxygens (including phenoxy) is 2. The smallest absolute Gasteiger partial charge is 0.327 e. The first-order chi connectivity index (χ1) is 12.7. The number of carbonyl (C=O) groups excluding carboxylic acids is 2. The van der Waals surface area contributed by atoms with Crippen molar-refractivity contribution in [2.45, 2.75) is 36.1 Å². The zero-order valence-corrected chi connectivity index (χ0v) is 15.7. The van der Waals surface area contributed by atoms with Crippen LogP contribution < -0.4 is 14.8 Å². The van der Waals surface area contributed by atoms with Crippen molar-refractivity contribution in [2.75, 3.05) is 13.7 Å². The second-order valence-corrected chi connectivity index (χ2v) is 8.50. The van der Waals surface area contributed by atoms with Gasteiger partial charge in [-0.25, -0.2) is 9.18 Å². The Balaban J connectivity index is 1.57. The van der Waals surface area contributed by atoms with Gasteiger partial charge in [0, 0.05) is 10.8 Å². The van der Waals surface area contributed by atoms with E-state index in [-0.39, 0.29) is 11.5 Å². The Labute approximate surface area is 159 Å². The third kappa shape index (κ3) is 3.41. The molecule has 0 spiro atoms. The molecule has 3 atom stereocenters. The maximum absolute atomic E-state index is 13.6. The number of nitrogens with zero attached hydrogens (tertiary/aromatic N) is 1. The lowest BCUT2D eigenvalue weighted by molar-refractivity contribution is -0.161. The number of methoxy groups -OCH3 is 1. The number of carboxylic acid groups (broad SMARTS) is 1. The summed E-state index contributed by atoms with van der Waals surface area (Å²) in [5.74, 6) is -2.48. The lowest BCUT2D eigenvalue weighted by Gasteiger charge is -2.43. The first-order valence-corrected chi connectivity index (χ1v) is 9.02. The Bertz CT molecular complexity index is 802. The van der Waals surface area contributed by atoms with Gasteiger partial charge in [0.2, 0.25) is 5.91 Å². The predicted molar refractivity (Wildman–Crippen MR) is 94.1 cm³/mol. The number of thioether (sulfide) groups is 1. The largest absolute Gasteiger partial charge is 0.494 e. The molecule has 0 bridgehead atoms. The average molecular weight is 398 g/mol. The van der Waals surface area contributed by atoms with Crippen LogP contribution in [0.2, 0.25) is 0 Å². The number of hydrogen-bond acceptors (Lipinski definition) is 6. The number of benzene rings is 1. The monoisotopic (exact) mass is 398 g/mol. The standard InChI is InChI=1S/C17H19FN2O6S/c1-17(2)13(16(23)24)20-14(22)12(15(20)27-17)19-11(21)7-26-8-4-5-10(25-3)9(18)6-8/h4-6,12-13,15H,7H2,1-3H3,(H,19,21)(H,23,24). The molecule has 10 heteroatoms. The van der Waals surface area contributed by atoms with Crippen molar-refractivity contribution in [1.82, 2.24) is 10.2 Å². The normalized spacial score (nSPS) is 25.4. The Kier molecular flexibility index (Phi) is 4.94. The Hall–Kier alpha value is -2.49. The highest BCUT2D eigenvalue weighted by Gasteiger charge is 2.64. The second kappa shape index (κ2) is 6.91. The number of nitrogens with one attached hydrogen (secondary N) is 1. The van der Waals surface area contributed by atoms with Gasteiger partial charge >= 0.3 is 5.97 Å². The summed E-state index contributed by atoms with van der Waals surface area (Å²) >= 11 is 1.33. The minimum Gasteiger partial charge on any atom is -0.494 e. The molecule has 27 heavy (non-hydrogen) atoms. The fourth-order valence-electron chi connectivity index (χ4n) is 3.25. The molecule has 2 aliphatic rings. The summed E-state index contributed by atoms with van der Waals surface area (Å²) in [6.07, 6.45) is 0. The number of carboxylic acids is 1. The van der Waals surface area contributed by atoms with E-state index in [2.05, 4.69) is 5.32 Å². The van der Waals surface area contributed by atoms with Gasteiger partial charge in [-0.2, -0.15) is 0 Å². The van der Waals surface area contributed by atoms with Gasteiger partial charge in [-0.1, -0.05) is 0 Å². The molecule has 2 N–H and O–H groups in total. The van der Waals surface area contributed by atoms with Crippen LogP contribution in [0, 0.1) is 5.82 Å². The van der Waals surface area contributed by atoms with Crippen LogP contribution in [0.3, 0.4) is 0 Å². The topological polar surface area (TPSA) is 105 Å². The molecule has 0 aliphatic carbocycles. The fourth-order valence-corrected chi connectivity index (χ4v) is 4.87. The van der Waals surface area contributed by atoms with E-state index in [0.29, 0.717) is 0 Å². The van der Waals surface area contributed by atoms with E-state index in [1.165, 1.54) is 35.9 Å². The highest BCUT2D eigenvalue weighted by Crippen LogP contribution is 2.50. The minimum absolute atomic E-state index is 0.0563. The van der Waals surface area contributed by atoms with Gasteiger partial charge in [0.25, 0.3) is 5.91 Å². The first-order valence-electron chi connectivity index (χ1n) is 8.14. The van der Waals surface area contributed by atoms with E-state index in [4.69, 9.17) is 9.47 Å². The summed E-state index contributed by atoms with van der Waals surface area (Å²) in [5.41, 5.74) is 0. The van der Waals surface area contributed by atoms with E-state index in [9.17, 15) is 23.9 Å². The van der Waals surface area contributed by atoms with Crippen LogP contribution in [-0.4, -0.2) is 63.7 Å². The van der Waals surface area contributed by atoms with Gasteiger partial charge in [0.1, 0.15) is 23.2 Å². The summed E-state index contributed by atoms with van der Waals surface area (Å²) < 4.78 is 23.0. The summed E-state index contributed by atoms with van der Waals surface area (Å²) in [6, 6.07) is 2.18. The third-order valence-electron chi connectivity index (χ3n) is 4.48. The van der Waals surface area contributed by atoms with Crippen molar-refractivity contribution in [3.63, 3.8) is 0 Å². The van der Waals surface area contributed by atoms with Crippen molar-refractivity contribution >= 4 is 29.5 Å². The van der Waals surface area contributed by atoms with Gasteiger partial charge in [-0.05, 0) is 26.0 Å². The molecule has 1 aromatic carbocycles. The molecular weight excluding hydrogens is 379 g/mol. The van der Waals surface area contributed by atoms with Crippen molar-refractivity contribution in [1.29, 1.82) is 0 Å². The number of hydrogen-bond donors (Lipinski definition) is 2. The zero-order chi connectivity index (χ0) is 19.9. The molecule has 0 radical (unpaired) electrons. The number of β-lactam (4-membered cyclic amide) rings is 1. The van der Waals surface area contributed by atoms with Crippen LogP contribution in [0.15, 0.2) is 18.2 Å². The number of halogens is 1. The molecule has 2 heterocycles. The SMILES string of the molecule is COc1ccc(OCC(=O)NC2C(=O)N3C2SC(C)(C)C3C(=O)O)cc1F. The molecule has 1 aromatic rings. The van der Waals surface area contributed by atoms with Crippen molar-refractivity contribution < 1.29 is 33.4 Å². The maximum Gasteiger partial charge on any atom is 0.327 e. The summed E-state index contributed by atoms with van der Waals surface area (Å²) in [6.45, 7) is 3.10. The van der Waals surface area contributed by atoms with Crippen molar-refractivity contribution in [2.24, 2.45) is 0 Å². The number of rotatable bonds is 6. The van der Waals surface area contributed by atoms with Gasteiger partial charge < -0.3 is 24.8 Å². The van der Waals surface area contributed by atoms with E-state index in [0.717, 1.165) is 6.07 Å². The molecule has 2 aliphatic heterocycles. The van der Waals surface area contributed by atoms with Gasteiger partial charge in [0.05, 0.1) is 7.11 Å². The molecule has 0 saturated carbocycles. The van der Waals surface area contributed by atoms with E-state index in [1.807, 2.05) is 0 Å². The van der Waals surface area contributed by atoms with Gasteiger partial charge in [-0.3, -0.25) is 9.59 Å². The zero-order valence-electron chi connectivity index (χ0n) is 14.9. The first kappa shape index (κ1) is 19.3. The van der Waals surface area contributed by atoms with Crippen LogP contribution >= 0.6 is 11.8 Å². The van der Waals surface area contributed by atoms with E-state index < -0.39 is 52.4 Å².